The van der Waals surface area contributed by atoms with Gasteiger partial charge in [-0.05, 0) is 35.6 Å². The molecule has 3 aromatic rings. The second kappa shape index (κ2) is 7.74. The minimum Gasteiger partial charge on any atom is -0.497 e. The molecule has 24 heavy (non-hydrogen) atoms. The Balaban J connectivity index is 1.45. The van der Waals surface area contributed by atoms with Crippen molar-refractivity contribution in [1.29, 1.82) is 0 Å². The molecular weight excluding hydrogens is 328 g/mol. The van der Waals surface area contributed by atoms with Crippen LogP contribution in [0.1, 0.15) is 17.9 Å². The summed E-state index contributed by atoms with van der Waals surface area (Å²) in [6.07, 6.45) is 0.894. The van der Waals surface area contributed by atoms with Crippen LogP contribution in [-0.2, 0) is 22.6 Å². The second-order valence-corrected chi connectivity index (χ2v) is 5.95. The standard InChI is InChI=1S/C17H16N2O4S/c1-21-13-7-4-12(5-8-13)6-9-16(20)22-11-15-18-17(19-23-15)14-3-2-10-24-14/h2-5,7-8,10H,6,9,11H2,1H3. The molecule has 0 bridgehead atoms. The summed E-state index contributed by atoms with van der Waals surface area (Å²) in [6.45, 7) is -0.0141. The number of esters is 1. The van der Waals surface area contributed by atoms with E-state index in [1.54, 1.807) is 7.11 Å². The van der Waals surface area contributed by atoms with Gasteiger partial charge in [0, 0.05) is 6.42 Å². The van der Waals surface area contributed by atoms with E-state index in [9.17, 15) is 4.79 Å². The number of aromatic nitrogens is 2. The van der Waals surface area contributed by atoms with Crippen LogP contribution in [0.2, 0.25) is 0 Å². The van der Waals surface area contributed by atoms with Crippen LogP contribution in [0.15, 0.2) is 46.3 Å². The minimum atomic E-state index is -0.304. The molecule has 2 aromatic heterocycles. The van der Waals surface area contributed by atoms with Gasteiger partial charge in [0.2, 0.25) is 5.82 Å². The summed E-state index contributed by atoms with van der Waals surface area (Å²) in [6, 6.07) is 11.4. The lowest BCUT2D eigenvalue weighted by molar-refractivity contribution is -0.145. The molecule has 0 aliphatic carbocycles. The fraction of sp³-hybridized carbons (Fsp3) is 0.235. The van der Waals surface area contributed by atoms with Crippen LogP contribution < -0.4 is 4.74 Å². The van der Waals surface area contributed by atoms with Crippen molar-refractivity contribution in [2.45, 2.75) is 19.4 Å². The molecule has 0 amide bonds. The van der Waals surface area contributed by atoms with E-state index in [1.165, 1.54) is 11.3 Å². The molecule has 0 aliphatic heterocycles. The number of carbonyl (C=O) groups is 1. The van der Waals surface area contributed by atoms with Gasteiger partial charge < -0.3 is 14.0 Å². The molecule has 3 rings (SSSR count). The van der Waals surface area contributed by atoms with E-state index in [0.717, 1.165) is 16.2 Å². The number of rotatable bonds is 7. The summed E-state index contributed by atoms with van der Waals surface area (Å²) in [5, 5.41) is 5.80. The Hall–Kier alpha value is -2.67. The van der Waals surface area contributed by atoms with Gasteiger partial charge in [-0.15, -0.1) is 11.3 Å². The van der Waals surface area contributed by atoms with Crippen molar-refractivity contribution in [3.05, 3.63) is 53.2 Å². The smallest absolute Gasteiger partial charge is 0.306 e. The van der Waals surface area contributed by atoms with Crippen LogP contribution in [0.3, 0.4) is 0 Å². The number of benzene rings is 1. The van der Waals surface area contributed by atoms with Crippen molar-refractivity contribution in [3.8, 4) is 16.5 Å². The lowest BCUT2D eigenvalue weighted by atomic mass is 10.1. The Morgan fingerprint density at radius 1 is 1.25 bits per heavy atom. The molecule has 0 N–H and O–H groups in total. The third-order valence-corrected chi connectivity index (χ3v) is 4.21. The van der Waals surface area contributed by atoms with Crippen LogP contribution in [-0.4, -0.2) is 23.2 Å². The normalized spacial score (nSPS) is 10.5. The quantitative estimate of drug-likeness (QED) is 0.611. The number of ether oxygens (including phenoxy) is 2. The first-order chi connectivity index (χ1) is 11.7. The third-order valence-electron chi connectivity index (χ3n) is 3.34. The van der Waals surface area contributed by atoms with Crippen LogP contribution in [0.4, 0.5) is 0 Å². The van der Waals surface area contributed by atoms with Gasteiger partial charge in [-0.1, -0.05) is 23.4 Å². The molecule has 0 spiro atoms. The van der Waals surface area contributed by atoms with Gasteiger partial charge in [-0.25, -0.2) is 0 Å². The number of thiophene rings is 1. The number of carbonyl (C=O) groups excluding carboxylic acids is 1. The van der Waals surface area contributed by atoms with Crippen molar-refractivity contribution in [2.24, 2.45) is 0 Å². The zero-order valence-corrected chi connectivity index (χ0v) is 13.9. The molecule has 2 heterocycles. The first-order valence-electron chi connectivity index (χ1n) is 7.39. The van der Waals surface area contributed by atoms with E-state index in [-0.39, 0.29) is 24.9 Å². The molecule has 0 aliphatic rings. The van der Waals surface area contributed by atoms with Crippen molar-refractivity contribution in [2.75, 3.05) is 7.11 Å². The number of hydrogen-bond acceptors (Lipinski definition) is 7. The second-order valence-electron chi connectivity index (χ2n) is 5.00. The fourth-order valence-corrected chi connectivity index (χ4v) is 2.72. The zero-order chi connectivity index (χ0) is 16.8. The van der Waals surface area contributed by atoms with Crippen molar-refractivity contribution in [1.82, 2.24) is 10.1 Å². The van der Waals surface area contributed by atoms with Crippen LogP contribution in [0, 0.1) is 0 Å². The van der Waals surface area contributed by atoms with Crippen LogP contribution in [0.25, 0.3) is 10.7 Å². The van der Waals surface area contributed by atoms with Gasteiger partial charge in [-0.2, -0.15) is 4.98 Å². The molecule has 124 valence electrons. The predicted molar refractivity (Wildman–Crippen MR) is 88.7 cm³/mol. The SMILES string of the molecule is COc1ccc(CCC(=O)OCc2nc(-c3cccs3)no2)cc1. The molecular formula is C17H16N2O4S. The average molecular weight is 344 g/mol. The van der Waals surface area contributed by atoms with Crippen molar-refractivity contribution < 1.29 is 18.8 Å². The Labute approximate surface area is 143 Å². The molecule has 7 heteroatoms. The van der Waals surface area contributed by atoms with Crippen molar-refractivity contribution >= 4 is 17.3 Å². The fourth-order valence-electron chi connectivity index (χ4n) is 2.07. The van der Waals surface area contributed by atoms with Gasteiger partial charge in [0.1, 0.15) is 5.75 Å². The zero-order valence-electron chi connectivity index (χ0n) is 13.1. The van der Waals surface area contributed by atoms with Crippen LogP contribution >= 0.6 is 11.3 Å². The Kier molecular flexibility index (Phi) is 5.22. The summed E-state index contributed by atoms with van der Waals surface area (Å²) >= 11 is 1.52. The highest BCUT2D eigenvalue weighted by Gasteiger charge is 2.11. The van der Waals surface area contributed by atoms with E-state index in [0.29, 0.717) is 12.2 Å². The average Bonchev–Trinajstić information content (AvgIpc) is 3.29. The molecule has 0 unspecified atom stereocenters. The Morgan fingerprint density at radius 2 is 2.08 bits per heavy atom. The van der Waals surface area contributed by atoms with E-state index < -0.39 is 0 Å². The molecule has 6 nitrogen and oxygen atoms in total. The maximum absolute atomic E-state index is 11.8. The topological polar surface area (TPSA) is 74.5 Å². The van der Waals surface area contributed by atoms with Gasteiger partial charge in [-0.3, -0.25) is 4.79 Å². The van der Waals surface area contributed by atoms with Gasteiger partial charge >= 0.3 is 5.97 Å². The summed E-state index contributed by atoms with van der Waals surface area (Å²) in [5.74, 6) is 1.28. The molecule has 0 fully saturated rings. The van der Waals surface area contributed by atoms with Gasteiger partial charge in [0.15, 0.2) is 6.61 Å². The third kappa shape index (κ3) is 4.20. The highest BCUT2D eigenvalue weighted by molar-refractivity contribution is 7.13. The lowest BCUT2D eigenvalue weighted by Crippen LogP contribution is -2.06. The summed E-state index contributed by atoms with van der Waals surface area (Å²) in [7, 11) is 1.62. The molecule has 1 aromatic carbocycles. The number of hydrogen-bond donors (Lipinski definition) is 0. The molecule has 0 saturated carbocycles. The molecule has 0 atom stereocenters. The monoisotopic (exact) mass is 344 g/mol. The lowest BCUT2D eigenvalue weighted by Gasteiger charge is -2.04. The highest BCUT2D eigenvalue weighted by atomic mass is 32.1. The number of methoxy groups -OCH3 is 1. The van der Waals surface area contributed by atoms with E-state index in [4.69, 9.17) is 14.0 Å². The Morgan fingerprint density at radius 3 is 2.79 bits per heavy atom. The maximum atomic E-state index is 11.8. The first kappa shape index (κ1) is 16.2. The largest absolute Gasteiger partial charge is 0.497 e. The highest BCUT2D eigenvalue weighted by Crippen LogP contribution is 2.21. The molecule has 0 radical (unpaired) electrons. The summed E-state index contributed by atoms with van der Waals surface area (Å²) in [4.78, 5) is 16.9. The van der Waals surface area contributed by atoms with E-state index in [2.05, 4.69) is 10.1 Å². The maximum Gasteiger partial charge on any atom is 0.306 e. The Bertz CT molecular complexity index is 781. The van der Waals surface area contributed by atoms with Gasteiger partial charge in [0.25, 0.3) is 5.89 Å². The predicted octanol–water partition coefficient (Wildman–Crippen LogP) is 3.48. The first-order valence-corrected chi connectivity index (χ1v) is 8.27. The molecule has 0 saturated heterocycles. The van der Waals surface area contributed by atoms with E-state index >= 15 is 0 Å². The van der Waals surface area contributed by atoms with Crippen LogP contribution in [0.5, 0.6) is 5.75 Å². The summed E-state index contributed by atoms with van der Waals surface area (Å²) in [5.41, 5.74) is 1.05. The minimum absolute atomic E-state index is 0.0141. The van der Waals surface area contributed by atoms with Crippen molar-refractivity contribution in [3.63, 3.8) is 0 Å². The summed E-state index contributed by atoms with van der Waals surface area (Å²) < 4.78 is 15.3. The number of nitrogens with zero attached hydrogens (tertiary/aromatic N) is 2. The van der Waals surface area contributed by atoms with E-state index in [1.807, 2.05) is 41.8 Å². The van der Waals surface area contributed by atoms with Gasteiger partial charge in [0.05, 0.1) is 12.0 Å². The number of aryl methyl sites for hydroxylation is 1.